The number of esters is 1. The van der Waals surface area contributed by atoms with E-state index in [1.807, 2.05) is 37.3 Å². The Morgan fingerprint density at radius 1 is 1.14 bits per heavy atom. The lowest BCUT2D eigenvalue weighted by Gasteiger charge is -2.28. The molecule has 2 amide bonds. The number of unbranched alkanes of at least 4 members (excludes halogenated alkanes) is 1. The molecule has 0 fully saturated rings. The topological polar surface area (TPSA) is 75.7 Å². The van der Waals surface area contributed by atoms with E-state index < -0.39 is 23.7 Å². The highest BCUT2D eigenvalue weighted by atomic mass is 16.6. The molecule has 1 aromatic rings. The van der Waals surface area contributed by atoms with Gasteiger partial charge in [-0.25, -0.2) is 4.79 Å². The highest BCUT2D eigenvalue weighted by molar-refractivity contribution is 5.90. The van der Waals surface area contributed by atoms with Gasteiger partial charge in [0.15, 0.2) is 0 Å². The van der Waals surface area contributed by atoms with Crippen molar-refractivity contribution < 1.29 is 19.1 Å². The minimum absolute atomic E-state index is 0.0821. The first-order valence-corrected chi connectivity index (χ1v) is 9.88. The highest BCUT2D eigenvalue weighted by Crippen LogP contribution is 2.12. The maximum absolute atomic E-state index is 12.7. The average molecular weight is 391 g/mol. The second-order valence-corrected chi connectivity index (χ2v) is 8.07. The predicted octanol–water partition coefficient (Wildman–Crippen LogP) is 3.09. The molecule has 1 rings (SSSR count). The molecule has 156 valence electrons. The fourth-order valence-electron chi connectivity index (χ4n) is 2.60. The van der Waals surface area contributed by atoms with Crippen LogP contribution in [-0.4, -0.2) is 47.4 Å². The lowest BCUT2D eigenvalue weighted by atomic mass is 10.0. The minimum atomic E-state index is -0.823. The summed E-state index contributed by atoms with van der Waals surface area (Å²) in [5.74, 6) is -0.947. The second-order valence-electron chi connectivity index (χ2n) is 8.07. The van der Waals surface area contributed by atoms with Crippen molar-refractivity contribution in [2.24, 2.45) is 0 Å². The number of carbonyl (C=O) groups is 3. The number of amides is 2. The van der Waals surface area contributed by atoms with Gasteiger partial charge in [0.2, 0.25) is 11.8 Å². The first-order valence-electron chi connectivity index (χ1n) is 9.88. The highest BCUT2D eigenvalue weighted by Gasteiger charge is 2.30. The zero-order valence-corrected chi connectivity index (χ0v) is 18.0. The molecule has 0 aliphatic carbocycles. The van der Waals surface area contributed by atoms with Crippen molar-refractivity contribution in [1.82, 2.24) is 10.2 Å². The number of nitrogens with zero attached hydrogens (tertiary/aromatic N) is 1. The van der Waals surface area contributed by atoms with Gasteiger partial charge in [0.1, 0.15) is 17.7 Å². The Morgan fingerprint density at radius 3 is 2.29 bits per heavy atom. The molecule has 0 aliphatic heterocycles. The van der Waals surface area contributed by atoms with Crippen LogP contribution in [0, 0.1) is 0 Å². The van der Waals surface area contributed by atoms with Crippen LogP contribution in [0.25, 0.3) is 0 Å². The van der Waals surface area contributed by atoms with Crippen molar-refractivity contribution in [3.63, 3.8) is 0 Å². The normalized spacial score (nSPS) is 13.4. The van der Waals surface area contributed by atoms with E-state index in [-0.39, 0.29) is 11.8 Å². The molecular weight excluding hydrogens is 356 g/mol. The molecular formula is C22H34N2O4. The summed E-state index contributed by atoms with van der Waals surface area (Å²) in [6, 6.07) is 7.95. The van der Waals surface area contributed by atoms with Crippen molar-refractivity contribution in [2.45, 2.75) is 78.0 Å². The SMILES string of the molecule is CCCCC(=O)N(C)[C@H](C)C(=O)N[C@H](Cc1ccccc1)C(=O)OC(C)(C)C. The summed E-state index contributed by atoms with van der Waals surface area (Å²) < 4.78 is 5.48. The van der Waals surface area contributed by atoms with Gasteiger partial charge in [0, 0.05) is 19.9 Å². The number of ether oxygens (including phenoxy) is 1. The lowest BCUT2D eigenvalue weighted by Crippen LogP contribution is -2.52. The summed E-state index contributed by atoms with van der Waals surface area (Å²) in [5.41, 5.74) is 0.258. The van der Waals surface area contributed by atoms with Gasteiger partial charge in [-0.3, -0.25) is 9.59 Å². The van der Waals surface area contributed by atoms with Crippen LogP contribution in [0.4, 0.5) is 0 Å². The van der Waals surface area contributed by atoms with E-state index in [4.69, 9.17) is 4.74 Å². The molecule has 28 heavy (non-hydrogen) atoms. The molecule has 0 aromatic heterocycles. The summed E-state index contributed by atoms with van der Waals surface area (Å²) >= 11 is 0. The first-order chi connectivity index (χ1) is 13.0. The Kier molecular flexibility index (Phi) is 9.16. The van der Waals surface area contributed by atoms with Crippen LogP contribution >= 0.6 is 0 Å². The molecule has 1 N–H and O–H groups in total. The molecule has 1 aromatic carbocycles. The number of hydrogen-bond donors (Lipinski definition) is 1. The average Bonchev–Trinajstić information content (AvgIpc) is 2.63. The summed E-state index contributed by atoms with van der Waals surface area (Å²) in [5, 5.41) is 2.77. The van der Waals surface area contributed by atoms with E-state index in [1.165, 1.54) is 4.90 Å². The third-order valence-corrected chi connectivity index (χ3v) is 4.39. The van der Waals surface area contributed by atoms with Gasteiger partial charge in [0.25, 0.3) is 0 Å². The zero-order valence-electron chi connectivity index (χ0n) is 18.0. The second kappa shape index (κ2) is 10.8. The Labute approximate surface area is 168 Å². The van der Waals surface area contributed by atoms with E-state index in [1.54, 1.807) is 34.7 Å². The summed E-state index contributed by atoms with van der Waals surface area (Å²) in [6.07, 6.45) is 2.43. The van der Waals surface area contributed by atoms with Gasteiger partial charge in [-0.2, -0.15) is 0 Å². The molecule has 6 heteroatoms. The van der Waals surface area contributed by atoms with Crippen molar-refractivity contribution in [3.8, 4) is 0 Å². The first kappa shape index (κ1) is 23.7. The van der Waals surface area contributed by atoms with Gasteiger partial charge in [-0.05, 0) is 39.7 Å². The van der Waals surface area contributed by atoms with Crippen molar-refractivity contribution in [1.29, 1.82) is 0 Å². The van der Waals surface area contributed by atoms with Gasteiger partial charge < -0.3 is 15.0 Å². The smallest absolute Gasteiger partial charge is 0.329 e. The van der Waals surface area contributed by atoms with Gasteiger partial charge in [0.05, 0.1) is 0 Å². The number of carbonyl (C=O) groups excluding carboxylic acids is 3. The third-order valence-electron chi connectivity index (χ3n) is 4.39. The van der Waals surface area contributed by atoms with Crippen molar-refractivity contribution >= 4 is 17.8 Å². The number of hydrogen-bond acceptors (Lipinski definition) is 4. The van der Waals surface area contributed by atoms with Crippen LogP contribution in [0.3, 0.4) is 0 Å². The Hall–Kier alpha value is -2.37. The number of rotatable bonds is 9. The largest absolute Gasteiger partial charge is 0.458 e. The van der Waals surface area contributed by atoms with E-state index in [0.29, 0.717) is 12.8 Å². The summed E-state index contributed by atoms with van der Waals surface area (Å²) in [6.45, 7) is 9.03. The zero-order chi connectivity index (χ0) is 21.3. The standard InChI is InChI=1S/C22H34N2O4/c1-7-8-14-19(25)24(6)16(2)20(26)23-18(21(27)28-22(3,4)5)15-17-12-10-9-11-13-17/h9-13,16,18H,7-8,14-15H2,1-6H3,(H,23,26)/t16-,18-/m1/s1. The molecule has 0 unspecified atom stereocenters. The lowest BCUT2D eigenvalue weighted by molar-refractivity contribution is -0.159. The van der Waals surface area contributed by atoms with Gasteiger partial charge in [-0.1, -0.05) is 43.7 Å². The maximum Gasteiger partial charge on any atom is 0.329 e. The van der Waals surface area contributed by atoms with E-state index in [2.05, 4.69) is 5.32 Å². The molecule has 6 nitrogen and oxygen atoms in total. The molecule has 0 saturated heterocycles. The Bertz CT molecular complexity index is 652. The summed E-state index contributed by atoms with van der Waals surface area (Å²) in [7, 11) is 1.61. The van der Waals surface area contributed by atoms with Crippen molar-refractivity contribution in [3.05, 3.63) is 35.9 Å². The summed E-state index contributed by atoms with van der Waals surface area (Å²) in [4.78, 5) is 39.0. The van der Waals surface area contributed by atoms with Crippen LogP contribution in [-0.2, 0) is 25.5 Å². The molecule has 0 bridgehead atoms. The molecule has 0 saturated carbocycles. The van der Waals surface area contributed by atoms with Gasteiger partial charge >= 0.3 is 5.97 Å². The third kappa shape index (κ3) is 8.11. The maximum atomic E-state index is 12.7. The number of benzene rings is 1. The Balaban J connectivity index is 2.87. The monoisotopic (exact) mass is 390 g/mol. The van der Waals surface area contributed by atoms with E-state index in [0.717, 1.165) is 18.4 Å². The molecule has 0 spiro atoms. The van der Waals surface area contributed by atoms with E-state index in [9.17, 15) is 14.4 Å². The predicted molar refractivity (Wildman–Crippen MR) is 110 cm³/mol. The van der Waals surface area contributed by atoms with Gasteiger partial charge in [-0.15, -0.1) is 0 Å². The molecule has 0 radical (unpaired) electrons. The number of likely N-dealkylation sites (N-methyl/N-ethyl adjacent to an activating group) is 1. The fraction of sp³-hybridized carbons (Fsp3) is 0.591. The fourth-order valence-corrected chi connectivity index (χ4v) is 2.60. The van der Waals surface area contributed by atoms with Crippen molar-refractivity contribution in [2.75, 3.05) is 7.05 Å². The molecule has 2 atom stereocenters. The molecule has 0 heterocycles. The van der Waals surface area contributed by atoms with Crippen LogP contribution < -0.4 is 5.32 Å². The van der Waals surface area contributed by atoms with E-state index >= 15 is 0 Å². The quantitative estimate of drug-likeness (QED) is 0.658. The van der Waals surface area contributed by atoms with Crippen LogP contribution in [0.1, 0.15) is 59.4 Å². The van der Waals surface area contributed by atoms with Crippen LogP contribution in [0.5, 0.6) is 0 Å². The minimum Gasteiger partial charge on any atom is -0.458 e. The Morgan fingerprint density at radius 2 is 1.75 bits per heavy atom. The van der Waals surface area contributed by atoms with Crippen LogP contribution in [0.2, 0.25) is 0 Å². The van der Waals surface area contributed by atoms with Crippen LogP contribution in [0.15, 0.2) is 30.3 Å². The number of nitrogens with one attached hydrogen (secondary N) is 1. The molecule has 0 aliphatic rings.